The fraction of sp³-hybridized carbons (Fsp3) is 0.0870. The number of hydrogen-bond donors (Lipinski definition) is 1. The van der Waals surface area contributed by atoms with Crippen molar-refractivity contribution in [2.45, 2.75) is 6.92 Å². The Kier molecular flexibility index (Phi) is 6.05. The zero-order valence-electron chi connectivity index (χ0n) is 17.3. The molecule has 0 saturated carbocycles. The van der Waals surface area contributed by atoms with E-state index in [9.17, 15) is 19.7 Å². The second-order valence-corrected chi connectivity index (χ2v) is 7.49. The van der Waals surface area contributed by atoms with Gasteiger partial charge in [0.1, 0.15) is 10.8 Å². The van der Waals surface area contributed by atoms with E-state index in [2.05, 4.69) is 10.3 Å². The maximum Gasteiger partial charge on any atom is 0.338 e. The molecular formula is C23H17ClN4O5. The van der Waals surface area contributed by atoms with E-state index in [0.717, 1.165) is 23.1 Å². The smallest absolute Gasteiger partial charge is 0.338 e. The summed E-state index contributed by atoms with van der Waals surface area (Å²) in [4.78, 5) is 39.4. The van der Waals surface area contributed by atoms with E-state index >= 15 is 0 Å². The number of aromatic nitrogens is 2. The topological polar surface area (TPSA) is 116 Å². The second kappa shape index (κ2) is 9.09. The number of halogens is 1. The predicted octanol–water partition coefficient (Wildman–Crippen LogP) is 4.69. The van der Waals surface area contributed by atoms with E-state index in [1.807, 2.05) is 41.8 Å². The van der Waals surface area contributed by atoms with Gasteiger partial charge in [0.15, 0.2) is 6.61 Å². The number of para-hydroxylation sites is 1. The number of fused-ring (bicyclic) bond motifs is 1. The summed E-state index contributed by atoms with van der Waals surface area (Å²) in [6.07, 6.45) is 0. The van der Waals surface area contributed by atoms with Crippen molar-refractivity contribution in [1.29, 1.82) is 0 Å². The highest BCUT2D eigenvalue weighted by molar-refractivity contribution is 6.32. The first-order valence-electron chi connectivity index (χ1n) is 9.79. The summed E-state index contributed by atoms with van der Waals surface area (Å²) in [6, 6.07) is 18.5. The van der Waals surface area contributed by atoms with Gasteiger partial charge in [-0.15, -0.1) is 0 Å². The number of hydrogen-bond acceptors (Lipinski definition) is 6. The van der Waals surface area contributed by atoms with Crippen LogP contribution in [0, 0.1) is 17.0 Å². The van der Waals surface area contributed by atoms with Crippen molar-refractivity contribution in [1.82, 2.24) is 9.55 Å². The number of nitro groups is 1. The summed E-state index contributed by atoms with van der Waals surface area (Å²) in [5.41, 5.74) is 2.46. The molecule has 0 atom stereocenters. The minimum Gasteiger partial charge on any atom is -0.452 e. The number of nitrogens with zero attached hydrogens (tertiary/aromatic N) is 3. The second-order valence-electron chi connectivity index (χ2n) is 7.08. The Hall–Kier alpha value is -4.24. The fourth-order valence-corrected chi connectivity index (χ4v) is 3.56. The molecule has 1 amide bonds. The van der Waals surface area contributed by atoms with Crippen molar-refractivity contribution in [2.24, 2.45) is 0 Å². The molecule has 0 fully saturated rings. The van der Waals surface area contributed by atoms with Gasteiger partial charge in [0, 0.05) is 17.4 Å². The monoisotopic (exact) mass is 464 g/mol. The lowest BCUT2D eigenvalue weighted by atomic mass is 10.2. The van der Waals surface area contributed by atoms with Crippen LogP contribution in [0.4, 0.5) is 11.4 Å². The quantitative estimate of drug-likeness (QED) is 0.251. The molecule has 1 aromatic heterocycles. The summed E-state index contributed by atoms with van der Waals surface area (Å²) >= 11 is 5.76. The number of carbonyl (C=O) groups excluding carboxylic acids is 2. The van der Waals surface area contributed by atoms with Crippen molar-refractivity contribution in [3.8, 4) is 5.69 Å². The molecule has 0 bridgehead atoms. The minimum atomic E-state index is -0.693. The van der Waals surface area contributed by atoms with Crippen LogP contribution in [-0.2, 0) is 9.53 Å². The zero-order chi connectivity index (χ0) is 23.5. The standard InChI is InChI=1S/C23H17ClN4O5/c1-14-25-19-11-15(7-10-20(19)27(14)17-5-3-2-4-6-17)23(30)33-13-22(29)26-16-8-9-18(24)21(12-16)28(31)32/h2-12H,13H2,1H3,(H,26,29). The number of imidazole rings is 1. The highest BCUT2D eigenvalue weighted by Gasteiger charge is 2.17. The predicted molar refractivity (Wildman–Crippen MR) is 123 cm³/mol. The third-order valence-corrected chi connectivity index (χ3v) is 5.15. The van der Waals surface area contributed by atoms with E-state index in [1.165, 1.54) is 12.1 Å². The van der Waals surface area contributed by atoms with Crippen LogP contribution in [0.2, 0.25) is 5.02 Å². The van der Waals surface area contributed by atoms with Crippen LogP contribution >= 0.6 is 11.6 Å². The lowest BCUT2D eigenvalue weighted by Gasteiger charge is -2.08. The molecule has 0 spiro atoms. The number of aryl methyl sites for hydroxylation is 1. The van der Waals surface area contributed by atoms with E-state index in [1.54, 1.807) is 18.2 Å². The molecule has 4 rings (SSSR count). The summed E-state index contributed by atoms with van der Waals surface area (Å²) in [7, 11) is 0. The first-order valence-corrected chi connectivity index (χ1v) is 10.2. The van der Waals surface area contributed by atoms with Gasteiger partial charge in [-0.25, -0.2) is 9.78 Å². The van der Waals surface area contributed by atoms with E-state index < -0.39 is 23.4 Å². The Morgan fingerprint density at radius 3 is 2.61 bits per heavy atom. The molecule has 166 valence electrons. The van der Waals surface area contributed by atoms with Crippen molar-refractivity contribution in [2.75, 3.05) is 11.9 Å². The number of benzene rings is 3. The van der Waals surface area contributed by atoms with Gasteiger partial charge < -0.3 is 10.1 Å². The van der Waals surface area contributed by atoms with Gasteiger partial charge in [-0.1, -0.05) is 29.8 Å². The molecule has 33 heavy (non-hydrogen) atoms. The van der Waals surface area contributed by atoms with Crippen LogP contribution in [0.25, 0.3) is 16.7 Å². The normalized spacial score (nSPS) is 10.7. The van der Waals surface area contributed by atoms with Crippen molar-refractivity contribution in [3.05, 3.63) is 93.3 Å². The van der Waals surface area contributed by atoms with Gasteiger partial charge >= 0.3 is 5.97 Å². The van der Waals surface area contributed by atoms with Crippen molar-refractivity contribution < 1.29 is 19.2 Å². The Morgan fingerprint density at radius 1 is 1.12 bits per heavy atom. The van der Waals surface area contributed by atoms with Crippen LogP contribution in [0.5, 0.6) is 0 Å². The summed E-state index contributed by atoms with van der Waals surface area (Å²) in [6.45, 7) is 1.31. The number of amides is 1. The largest absolute Gasteiger partial charge is 0.452 e. The highest BCUT2D eigenvalue weighted by atomic mass is 35.5. The molecule has 3 aromatic carbocycles. The first-order chi connectivity index (χ1) is 15.8. The SMILES string of the molecule is Cc1nc2cc(C(=O)OCC(=O)Nc3ccc(Cl)c([N+](=O)[O-])c3)ccc2n1-c1ccccc1. The number of ether oxygens (including phenoxy) is 1. The lowest BCUT2D eigenvalue weighted by Crippen LogP contribution is -2.21. The molecule has 10 heteroatoms. The Labute approximate surface area is 192 Å². The van der Waals surface area contributed by atoms with Gasteiger partial charge in [-0.3, -0.25) is 19.5 Å². The van der Waals surface area contributed by atoms with Crippen LogP contribution in [0.3, 0.4) is 0 Å². The van der Waals surface area contributed by atoms with Crippen LogP contribution in [0.15, 0.2) is 66.7 Å². The number of rotatable bonds is 6. The number of nitro benzene ring substituents is 1. The molecule has 0 saturated heterocycles. The van der Waals surface area contributed by atoms with E-state index in [-0.39, 0.29) is 22.0 Å². The molecule has 0 aliphatic heterocycles. The molecule has 0 radical (unpaired) electrons. The molecule has 1 N–H and O–H groups in total. The fourth-order valence-electron chi connectivity index (χ4n) is 3.37. The molecule has 1 heterocycles. The third-order valence-electron chi connectivity index (χ3n) is 4.83. The summed E-state index contributed by atoms with van der Waals surface area (Å²) < 4.78 is 7.06. The average molecular weight is 465 g/mol. The average Bonchev–Trinajstić information content (AvgIpc) is 3.14. The summed E-state index contributed by atoms with van der Waals surface area (Å²) in [5, 5.41) is 13.3. The highest BCUT2D eigenvalue weighted by Crippen LogP contribution is 2.27. The number of carbonyl (C=O) groups is 2. The van der Waals surface area contributed by atoms with Crippen LogP contribution in [0.1, 0.15) is 16.2 Å². The first kappa shape index (κ1) is 22.0. The zero-order valence-corrected chi connectivity index (χ0v) is 18.1. The Morgan fingerprint density at radius 2 is 1.88 bits per heavy atom. The molecule has 9 nitrogen and oxygen atoms in total. The lowest BCUT2D eigenvalue weighted by molar-refractivity contribution is -0.384. The van der Waals surface area contributed by atoms with Crippen molar-refractivity contribution >= 4 is 45.9 Å². The Bertz CT molecular complexity index is 1380. The minimum absolute atomic E-state index is 0.0511. The van der Waals surface area contributed by atoms with Gasteiger partial charge in [0.05, 0.1) is 21.5 Å². The molecule has 0 aliphatic rings. The van der Waals surface area contributed by atoms with E-state index in [4.69, 9.17) is 16.3 Å². The molecule has 0 aliphatic carbocycles. The molecule has 4 aromatic rings. The third kappa shape index (κ3) is 4.68. The van der Waals surface area contributed by atoms with E-state index in [0.29, 0.717) is 5.52 Å². The van der Waals surface area contributed by atoms with Crippen LogP contribution in [-0.4, -0.2) is 33.0 Å². The summed E-state index contributed by atoms with van der Waals surface area (Å²) in [5.74, 6) is -0.579. The molecular weight excluding hydrogens is 448 g/mol. The van der Waals surface area contributed by atoms with Gasteiger partial charge in [0.25, 0.3) is 11.6 Å². The number of anilines is 1. The van der Waals surface area contributed by atoms with Gasteiger partial charge in [-0.05, 0) is 49.4 Å². The number of esters is 1. The van der Waals surface area contributed by atoms with Crippen LogP contribution < -0.4 is 5.32 Å². The maximum atomic E-state index is 12.5. The number of nitrogens with one attached hydrogen (secondary N) is 1. The van der Waals surface area contributed by atoms with Gasteiger partial charge in [0.2, 0.25) is 0 Å². The van der Waals surface area contributed by atoms with Gasteiger partial charge in [-0.2, -0.15) is 0 Å². The Balaban J connectivity index is 1.44. The maximum absolute atomic E-state index is 12.5. The molecule has 0 unspecified atom stereocenters. The van der Waals surface area contributed by atoms with Crippen molar-refractivity contribution in [3.63, 3.8) is 0 Å².